The zero-order valence-corrected chi connectivity index (χ0v) is 14.2. The number of hydrogen-bond acceptors (Lipinski definition) is 1. The van der Waals surface area contributed by atoms with Crippen molar-refractivity contribution in [3.63, 3.8) is 0 Å². The van der Waals surface area contributed by atoms with Gasteiger partial charge in [0.2, 0.25) is 0 Å². The third kappa shape index (κ3) is 2.87. The smallest absolute Gasteiger partial charge is 0.169 e. The fourth-order valence-corrected chi connectivity index (χ4v) is 3.04. The van der Waals surface area contributed by atoms with Crippen LogP contribution in [0.5, 0.6) is 5.75 Å². The zero-order valence-electron chi connectivity index (χ0n) is 14.2. The lowest BCUT2D eigenvalue weighted by Gasteiger charge is -2.04. The van der Waals surface area contributed by atoms with Crippen LogP contribution in [0.15, 0.2) is 42.7 Å². The van der Waals surface area contributed by atoms with Crippen LogP contribution in [-0.4, -0.2) is 11.7 Å². The minimum atomic E-state index is 0.895. The fraction of sp³-hybridized carbons (Fsp3) is 0.250. The van der Waals surface area contributed by atoms with Crippen molar-refractivity contribution in [3.8, 4) is 5.75 Å². The maximum absolute atomic E-state index is 5.40. The normalized spacial score (nSPS) is 11.5. The van der Waals surface area contributed by atoms with Crippen molar-refractivity contribution in [1.82, 2.24) is 4.57 Å². The highest BCUT2D eigenvalue weighted by Crippen LogP contribution is 2.30. The van der Waals surface area contributed by atoms with Gasteiger partial charge in [0.15, 0.2) is 12.4 Å². The molecule has 0 atom stereocenters. The van der Waals surface area contributed by atoms with Gasteiger partial charge in [0.1, 0.15) is 12.8 Å². The van der Waals surface area contributed by atoms with Crippen LogP contribution in [0.1, 0.15) is 23.7 Å². The molecule has 2 aromatic heterocycles. The molecule has 0 saturated carbocycles. The van der Waals surface area contributed by atoms with Gasteiger partial charge in [-0.05, 0) is 37.6 Å². The molecule has 0 aliphatic rings. The molecule has 118 valence electrons. The molecule has 0 saturated heterocycles. The maximum Gasteiger partial charge on any atom is 0.169 e. The molecular weight excluding hydrogens is 284 g/mol. The highest BCUT2D eigenvalue weighted by atomic mass is 16.5. The highest BCUT2D eigenvalue weighted by molar-refractivity contribution is 5.94. The van der Waals surface area contributed by atoms with E-state index in [-0.39, 0.29) is 0 Å². The van der Waals surface area contributed by atoms with Crippen LogP contribution in [0.3, 0.4) is 0 Å². The first-order valence-electron chi connectivity index (χ1n) is 7.94. The quantitative estimate of drug-likeness (QED) is 0.667. The summed E-state index contributed by atoms with van der Waals surface area (Å²) < 4.78 is 9.78. The number of rotatable bonds is 4. The van der Waals surface area contributed by atoms with E-state index in [9.17, 15) is 0 Å². The van der Waals surface area contributed by atoms with Crippen LogP contribution < -0.4 is 9.30 Å². The average Bonchev–Trinajstić information content (AvgIpc) is 2.84. The van der Waals surface area contributed by atoms with Crippen LogP contribution in [0.2, 0.25) is 0 Å². The van der Waals surface area contributed by atoms with Gasteiger partial charge in [-0.1, -0.05) is 12.2 Å². The Bertz CT molecular complexity index is 857. The number of aryl methyl sites for hydroxylation is 2. The first-order valence-corrected chi connectivity index (χ1v) is 7.94. The van der Waals surface area contributed by atoms with E-state index in [1.807, 2.05) is 17.7 Å². The zero-order chi connectivity index (χ0) is 16.4. The van der Waals surface area contributed by atoms with Gasteiger partial charge in [-0.2, -0.15) is 0 Å². The van der Waals surface area contributed by atoms with Gasteiger partial charge in [0.25, 0.3) is 0 Å². The van der Waals surface area contributed by atoms with Gasteiger partial charge < -0.3 is 9.30 Å². The first-order chi connectivity index (χ1) is 11.1. The molecule has 0 N–H and O–H groups in total. The molecule has 0 bridgehead atoms. The summed E-state index contributed by atoms with van der Waals surface area (Å²) in [5, 5.41) is 1.24. The minimum Gasteiger partial charge on any atom is -0.497 e. The largest absolute Gasteiger partial charge is 0.497 e. The molecule has 3 aromatic rings. The summed E-state index contributed by atoms with van der Waals surface area (Å²) in [7, 11) is 3.74. The Balaban J connectivity index is 2.11. The molecule has 0 spiro atoms. The van der Waals surface area contributed by atoms with Crippen molar-refractivity contribution in [2.75, 3.05) is 7.11 Å². The summed E-state index contributed by atoms with van der Waals surface area (Å²) in [5.41, 5.74) is 5.00. The number of pyridine rings is 1. The molecule has 3 heteroatoms. The van der Waals surface area contributed by atoms with E-state index in [1.165, 1.54) is 27.7 Å². The molecular formula is C20H23N2O+. The molecule has 0 unspecified atom stereocenters. The van der Waals surface area contributed by atoms with E-state index in [1.54, 1.807) is 7.11 Å². The van der Waals surface area contributed by atoms with E-state index < -0.39 is 0 Å². The third-order valence-electron chi connectivity index (χ3n) is 4.34. The Labute approximate surface area is 137 Å². The molecule has 0 fully saturated rings. The molecule has 3 rings (SSSR count). The summed E-state index contributed by atoms with van der Waals surface area (Å²) in [4.78, 5) is 0. The molecule has 0 aliphatic carbocycles. The Morgan fingerprint density at radius 2 is 1.87 bits per heavy atom. The predicted octanol–water partition coefficient (Wildman–Crippen LogP) is 3.97. The predicted molar refractivity (Wildman–Crippen MR) is 95.4 cm³/mol. The van der Waals surface area contributed by atoms with Crippen molar-refractivity contribution in [1.29, 1.82) is 0 Å². The Morgan fingerprint density at radius 1 is 1.13 bits per heavy atom. The summed E-state index contributed by atoms with van der Waals surface area (Å²) in [6.07, 6.45) is 8.50. The standard InChI is InChI=1S/C20H23N2O/c1-5-22-15(2)18(8-6-16-10-12-21(3)13-11-16)19-14-17(23-4)7-9-20(19)22/h6-14H,5H2,1-4H3/q+1. The highest BCUT2D eigenvalue weighted by Gasteiger charge is 2.12. The molecule has 3 nitrogen and oxygen atoms in total. The van der Waals surface area contributed by atoms with Gasteiger partial charge >= 0.3 is 0 Å². The van der Waals surface area contributed by atoms with Crippen molar-refractivity contribution >= 4 is 23.1 Å². The molecule has 23 heavy (non-hydrogen) atoms. The Hall–Kier alpha value is -2.55. The number of fused-ring (bicyclic) bond motifs is 1. The van der Waals surface area contributed by atoms with E-state index in [0.29, 0.717) is 0 Å². The lowest BCUT2D eigenvalue weighted by molar-refractivity contribution is -0.671. The van der Waals surface area contributed by atoms with Gasteiger partial charge in [-0.15, -0.1) is 0 Å². The Morgan fingerprint density at radius 3 is 2.52 bits per heavy atom. The summed E-state index contributed by atoms with van der Waals surface area (Å²) in [6.45, 7) is 5.33. The van der Waals surface area contributed by atoms with E-state index in [2.05, 4.69) is 67.2 Å². The van der Waals surface area contributed by atoms with Crippen molar-refractivity contribution in [2.24, 2.45) is 7.05 Å². The van der Waals surface area contributed by atoms with Crippen LogP contribution in [-0.2, 0) is 13.6 Å². The van der Waals surface area contributed by atoms with E-state index in [4.69, 9.17) is 4.74 Å². The number of hydrogen-bond donors (Lipinski definition) is 0. The number of aromatic nitrogens is 2. The molecule has 0 radical (unpaired) electrons. The van der Waals surface area contributed by atoms with Gasteiger partial charge in [-0.3, -0.25) is 0 Å². The van der Waals surface area contributed by atoms with E-state index in [0.717, 1.165) is 12.3 Å². The van der Waals surface area contributed by atoms with Crippen molar-refractivity contribution in [3.05, 3.63) is 59.5 Å². The third-order valence-corrected chi connectivity index (χ3v) is 4.34. The van der Waals surface area contributed by atoms with E-state index >= 15 is 0 Å². The van der Waals surface area contributed by atoms with Crippen molar-refractivity contribution in [2.45, 2.75) is 20.4 Å². The van der Waals surface area contributed by atoms with Crippen LogP contribution in [0.25, 0.3) is 23.1 Å². The maximum atomic E-state index is 5.40. The SMILES string of the molecule is CCn1c(C)c(C=Cc2cc[n+](C)cc2)c2cc(OC)ccc21. The summed E-state index contributed by atoms with van der Waals surface area (Å²) in [5.74, 6) is 0.895. The summed E-state index contributed by atoms with van der Waals surface area (Å²) in [6, 6.07) is 10.5. The fourth-order valence-electron chi connectivity index (χ4n) is 3.04. The number of benzene rings is 1. The second-order valence-electron chi connectivity index (χ2n) is 5.76. The van der Waals surface area contributed by atoms with Crippen LogP contribution in [0.4, 0.5) is 0 Å². The Kier molecular flexibility index (Phi) is 4.20. The number of nitrogens with zero attached hydrogens (tertiary/aromatic N) is 2. The van der Waals surface area contributed by atoms with Gasteiger partial charge in [0.05, 0.1) is 7.11 Å². The average molecular weight is 307 g/mol. The number of methoxy groups -OCH3 is 1. The second-order valence-corrected chi connectivity index (χ2v) is 5.76. The number of ether oxygens (including phenoxy) is 1. The molecule has 0 amide bonds. The van der Waals surface area contributed by atoms with Crippen LogP contribution in [0, 0.1) is 6.92 Å². The summed E-state index contributed by atoms with van der Waals surface area (Å²) >= 11 is 0. The van der Waals surface area contributed by atoms with Gasteiger partial charge in [0, 0.05) is 40.8 Å². The second kappa shape index (κ2) is 6.29. The minimum absolute atomic E-state index is 0.895. The topological polar surface area (TPSA) is 18.0 Å². The molecule has 2 heterocycles. The van der Waals surface area contributed by atoms with Crippen LogP contribution >= 0.6 is 0 Å². The lowest BCUT2D eigenvalue weighted by atomic mass is 10.1. The monoisotopic (exact) mass is 307 g/mol. The molecule has 0 aliphatic heterocycles. The van der Waals surface area contributed by atoms with Crippen molar-refractivity contribution < 1.29 is 9.30 Å². The molecule has 1 aromatic carbocycles. The van der Waals surface area contributed by atoms with Gasteiger partial charge in [-0.25, -0.2) is 4.57 Å². The lowest BCUT2D eigenvalue weighted by Crippen LogP contribution is -2.25. The first kappa shape index (κ1) is 15.3.